The zero-order valence-electron chi connectivity index (χ0n) is 16.5. The third-order valence-electron chi connectivity index (χ3n) is 4.96. The van der Waals surface area contributed by atoms with Gasteiger partial charge in [-0.05, 0) is 0 Å². The summed E-state index contributed by atoms with van der Waals surface area (Å²) in [6.45, 7) is 13.0. The summed E-state index contributed by atoms with van der Waals surface area (Å²) >= 11 is -0.180. The first-order valence-corrected chi connectivity index (χ1v) is 10.7. The molecule has 0 spiro atoms. The number of allylic oxidation sites excluding steroid dienone is 1. The Morgan fingerprint density at radius 2 is 1.81 bits per heavy atom. The number of carbonyl (C=O) groups excluding carboxylic acids is 1. The van der Waals surface area contributed by atoms with Crippen LogP contribution < -0.4 is 4.46 Å². The summed E-state index contributed by atoms with van der Waals surface area (Å²) < 4.78 is 5.78. The predicted octanol–water partition coefficient (Wildman–Crippen LogP) is 3.54. The van der Waals surface area contributed by atoms with Crippen molar-refractivity contribution in [2.45, 2.75) is 65.2 Å². The molecule has 1 aliphatic carbocycles. The van der Waals surface area contributed by atoms with Crippen LogP contribution in [-0.4, -0.2) is 32.6 Å². The van der Waals surface area contributed by atoms with Gasteiger partial charge in [-0.1, -0.05) is 0 Å². The van der Waals surface area contributed by atoms with Gasteiger partial charge in [-0.25, -0.2) is 0 Å². The number of ether oxygens (including phenoxy) is 1. The Morgan fingerprint density at radius 1 is 1.23 bits per heavy atom. The van der Waals surface area contributed by atoms with E-state index in [4.69, 9.17) is 4.74 Å². The quantitative estimate of drug-likeness (QED) is 0.353. The Kier molecular flexibility index (Phi) is 6.27. The van der Waals surface area contributed by atoms with Crippen LogP contribution in [0.4, 0.5) is 0 Å². The van der Waals surface area contributed by atoms with Crippen LogP contribution >= 0.6 is 0 Å². The maximum atomic E-state index is 11.4. The number of esters is 1. The molecule has 0 atom stereocenters. The first-order valence-electron chi connectivity index (χ1n) is 8.98. The third-order valence-corrected chi connectivity index (χ3v) is 6.54. The predicted molar refractivity (Wildman–Crippen MR) is 107 cm³/mol. The summed E-state index contributed by atoms with van der Waals surface area (Å²) in [5.41, 5.74) is 3.43. The SMILES string of the molecule is CCOC(=O)/C=C(\C)C#C[Se]c1cc2c(cc1O)C(C)(C)CCC2(C)C. The van der Waals surface area contributed by atoms with Gasteiger partial charge in [-0.15, -0.1) is 0 Å². The van der Waals surface area contributed by atoms with Crippen molar-refractivity contribution in [1.29, 1.82) is 0 Å². The second kappa shape index (κ2) is 7.90. The van der Waals surface area contributed by atoms with Gasteiger partial charge in [0.05, 0.1) is 0 Å². The number of hydrogen-bond donors (Lipinski definition) is 1. The molecule has 1 N–H and O–H groups in total. The summed E-state index contributed by atoms with van der Waals surface area (Å²) in [6, 6.07) is 4.08. The van der Waals surface area contributed by atoms with E-state index in [1.807, 2.05) is 6.07 Å². The Balaban J connectivity index is 2.28. The Labute approximate surface area is 163 Å². The fraction of sp³-hybridized carbons (Fsp3) is 0.500. The van der Waals surface area contributed by atoms with E-state index < -0.39 is 0 Å². The van der Waals surface area contributed by atoms with Gasteiger partial charge >= 0.3 is 163 Å². The summed E-state index contributed by atoms with van der Waals surface area (Å²) in [5, 5.41) is 10.5. The molecule has 0 heterocycles. The van der Waals surface area contributed by atoms with Crippen molar-refractivity contribution in [1.82, 2.24) is 0 Å². The molecule has 0 saturated carbocycles. The van der Waals surface area contributed by atoms with E-state index in [9.17, 15) is 9.90 Å². The van der Waals surface area contributed by atoms with Crippen molar-refractivity contribution in [3.8, 4) is 16.5 Å². The molecule has 1 aliphatic rings. The first kappa shape index (κ1) is 20.6. The van der Waals surface area contributed by atoms with Gasteiger partial charge in [0.25, 0.3) is 0 Å². The van der Waals surface area contributed by atoms with Crippen LogP contribution in [0.15, 0.2) is 23.8 Å². The van der Waals surface area contributed by atoms with E-state index in [1.165, 1.54) is 17.2 Å². The number of aromatic hydroxyl groups is 1. The van der Waals surface area contributed by atoms with E-state index in [2.05, 4.69) is 44.5 Å². The van der Waals surface area contributed by atoms with Gasteiger partial charge in [0.15, 0.2) is 0 Å². The van der Waals surface area contributed by atoms with Gasteiger partial charge in [0, 0.05) is 0 Å². The molecule has 2 rings (SSSR count). The zero-order chi connectivity index (χ0) is 19.5. The molecule has 26 heavy (non-hydrogen) atoms. The number of fused-ring (bicyclic) bond motifs is 1. The van der Waals surface area contributed by atoms with Crippen LogP contribution in [0.5, 0.6) is 5.75 Å². The maximum absolute atomic E-state index is 11.4. The summed E-state index contributed by atoms with van der Waals surface area (Å²) in [4.78, 5) is 14.6. The number of benzene rings is 1. The minimum atomic E-state index is -0.368. The molecule has 4 heteroatoms. The molecule has 0 saturated heterocycles. The molecule has 0 aliphatic heterocycles. The average Bonchev–Trinajstić information content (AvgIpc) is 2.53. The van der Waals surface area contributed by atoms with E-state index in [1.54, 1.807) is 13.8 Å². The van der Waals surface area contributed by atoms with Crippen LogP contribution in [0, 0.1) is 10.7 Å². The average molecular weight is 419 g/mol. The Morgan fingerprint density at radius 3 is 2.38 bits per heavy atom. The summed E-state index contributed by atoms with van der Waals surface area (Å²) in [7, 11) is 0. The van der Waals surface area contributed by atoms with E-state index >= 15 is 0 Å². The van der Waals surface area contributed by atoms with Gasteiger partial charge < -0.3 is 0 Å². The van der Waals surface area contributed by atoms with Crippen molar-refractivity contribution in [3.63, 3.8) is 0 Å². The summed E-state index contributed by atoms with van der Waals surface area (Å²) in [6.07, 6.45) is 3.66. The van der Waals surface area contributed by atoms with Crippen LogP contribution in [0.25, 0.3) is 0 Å². The van der Waals surface area contributed by atoms with Crippen molar-refractivity contribution in [2.75, 3.05) is 6.61 Å². The first-order chi connectivity index (χ1) is 12.1. The van der Waals surface area contributed by atoms with E-state index in [0.717, 1.165) is 17.3 Å². The van der Waals surface area contributed by atoms with Gasteiger partial charge in [-0.3, -0.25) is 0 Å². The molecule has 0 radical (unpaired) electrons. The molecule has 0 unspecified atom stereocenters. The number of phenolic OH excluding ortho intramolecular Hbond substituents is 1. The van der Waals surface area contributed by atoms with Crippen LogP contribution in [0.3, 0.4) is 0 Å². The molecule has 0 amide bonds. The van der Waals surface area contributed by atoms with Gasteiger partial charge in [0.2, 0.25) is 0 Å². The number of phenols is 1. The van der Waals surface area contributed by atoms with Crippen LogP contribution in [0.2, 0.25) is 0 Å². The zero-order valence-corrected chi connectivity index (χ0v) is 18.2. The van der Waals surface area contributed by atoms with Crippen molar-refractivity contribution >= 4 is 25.4 Å². The molecule has 1 aromatic rings. The fourth-order valence-corrected chi connectivity index (χ4v) is 4.61. The molecule has 0 fully saturated rings. The standard InChI is InChI=1S/C22H28O3Se/c1-7-25-20(24)12-15(2)8-11-26-19-14-17-16(13-18(19)23)21(3,4)9-10-22(17,5)6/h12-14,23H,7,9-10H2,1-6H3/b15-12+. The minimum absolute atomic E-state index is 0.0819. The van der Waals surface area contributed by atoms with Crippen LogP contribution in [0.1, 0.15) is 65.5 Å². The number of rotatable bonds is 3. The summed E-state index contributed by atoms with van der Waals surface area (Å²) in [5.74, 6) is 2.95. The number of carbonyl (C=O) groups is 1. The molecular formula is C22H28O3Se. The van der Waals surface area contributed by atoms with Crippen molar-refractivity contribution in [2.24, 2.45) is 0 Å². The number of hydrogen-bond acceptors (Lipinski definition) is 3. The van der Waals surface area contributed by atoms with Gasteiger partial charge in [0.1, 0.15) is 0 Å². The Hall–Kier alpha value is -1.69. The van der Waals surface area contributed by atoms with E-state index in [0.29, 0.717) is 17.9 Å². The monoisotopic (exact) mass is 420 g/mol. The van der Waals surface area contributed by atoms with Gasteiger partial charge in [-0.2, -0.15) is 0 Å². The molecule has 140 valence electrons. The molecule has 1 aromatic carbocycles. The molecule has 0 bridgehead atoms. The van der Waals surface area contributed by atoms with Crippen molar-refractivity contribution in [3.05, 3.63) is 34.9 Å². The normalized spacial score (nSPS) is 17.7. The second-order valence-electron chi connectivity index (χ2n) is 8.04. The van der Waals surface area contributed by atoms with Crippen molar-refractivity contribution < 1.29 is 14.6 Å². The Bertz CT molecular complexity index is 792. The molecular weight excluding hydrogens is 391 g/mol. The third kappa shape index (κ3) is 4.72. The second-order valence-corrected chi connectivity index (χ2v) is 9.82. The fourth-order valence-electron chi connectivity index (χ4n) is 3.22. The van der Waals surface area contributed by atoms with Crippen LogP contribution in [-0.2, 0) is 20.4 Å². The van der Waals surface area contributed by atoms with E-state index in [-0.39, 0.29) is 31.8 Å². The molecule has 3 nitrogen and oxygen atoms in total. The topological polar surface area (TPSA) is 46.5 Å². The molecule has 0 aromatic heterocycles.